The largest absolute Gasteiger partial charge is 0.488 e. The molecule has 0 saturated carbocycles. The molecule has 47 heavy (non-hydrogen) atoms. The fourth-order valence-corrected chi connectivity index (χ4v) is 5.36. The van der Waals surface area contributed by atoms with Gasteiger partial charge >= 0.3 is 24.4 Å². The molecule has 0 radical (unpaired) electrons. The highest BCUT2D eigenvalue weighted by atomic mass is 19.4. The molecule has 1 aliphatic rings. The summed E-state index contributed by atoms with van der Waals surface area (Å²) >= 11 is 0. The molecule has 0 saturated heterocycles. The Kier molecular flexibility index (Phi) is 10.8. The number of benzene rings is 2. The molecule has 16 heteroatoms. The molecular formula is C31H32F6N4O6. The van der Waals surface area contributed by atoms with E-state index in [1.165, 1.54) is 22.2 Å². The van der Waals surface area contributed by atoms with E-state index in [0.717, 1.165) is 5.56 Å². The molecule has 254 valence electrons. The number of ether oxygens (including phenoxy) is 2. The van der Waals surface area contributed by atoms with Crippen LogP contribution in [0.15, 0.2) is 48.8 Å². The van der Waals surface area contributed by atoms with Gasteiger partial charge in [-0.05, 0) is 55.2 Å². The van der Waals surface area contributed by atoms with Crippen molar-refractivity contribution >= 4 is 23.7 Å². The number of amides is 1. The lowest BCUT2D eigenvalue weighted by Gasteiger charge is -2.44. The van der Waals surface area contributed by atoms with Crippen molar-refractivity contribution in [1.82, 2.24) is 9.97 Å². The van der Waals surface area contributed by atoms with Crippen LogP contribution in [0.4, 0.5) is 42.8 Å². The first-order valence-corrected chi connectivity index (χ1v) is 14.5. The maximum absolute atomic E-state index is 13.8. The number of carbonyl (C=O) groups is 2. The zero-order valence-corrected chi connectivity index (χ0v) is 25.3. The van der Waals surface area contributed by atoms with Gasteiger partial charge in [0.2, 0.25) is 5.95 Å². The summed E-state index contributed by atoms with van der Waals surface area (Å²) in [6, 6.07) is 5.12. The maximum atomic E-state index is 13.8. The molecule has 2 heterocycles. The molecule has 1 amide bonds. The van der Waals surface area contributed by atoms with Crippen LogP contribution in [0, 0.1) is 6.92 Å². The van der Waals surface area contributed by atoms with E-state index in [0.29, 0.717) is 29.8 Å². The number of hydrogen-bond donors (Lipinski definition) is 2. The number of aliphatic carboxylic acids is 1. The number of carboxylic acid groups (broad SMARTS) is 1. The van der Waals surface area contributed by atoms with Crippen molar-refractivity contribution in [3.63, 3.8) is 0 Å². The van der Waals surface area contributed by atoms with Gasteiger partial charge in [-0.25, -0.2) is 14.8 Å². The zero-order chi connectivity index (χ0) is 34.5. The summed E-state index contributed by atoms with van der Waals surface area (Å²) in [5.74, 6) is -1.04. The number of fused-ring (bicyclic) bond motifs is 1. The summed E-state index contributed by atoms with van der Waals surface area (Å²) < 4.78 is 93.2. The van der Waals surface area contributed by atoms with Gasteiger partial charge < -0.3 is 24.6 Å². The van der Waals surface area contributed by atoms with Crippen LogP contribution < -0.4 is 14.5 Å². The van der Waals surface area contributed by atoms with Crippen molar-refractivity contribution < 1.29 is 55.6 Å². The molecule has 0 fully saturated rings. The Balaban J connectivity index is 1.85. The van der Waals surface area contributed by atoms with Crippen molar-refractivity contribution in [3.8, 4) is 5.75 Å². The van der Waals surface area contributed by atoms with Crippen LogP contribution >= 0.6 is 0 Å². The highest BCUT2D eigenvalue weighted by Gasteiger charge is 2.41. The number of halogens is 6. The topological polar surface area (TPSA) is 125 Å². The monoisotopic (exact) mass is 670 g/mol. The Morgan fingerprint density at radius 2 is 1.64 bits per heavy atom. The van der Waals surface area contributed by atoms with Gasteiger partial charge in [-0.2, -0.15) is 26.3 Å². The van der Waals surface area contributed by atoms with Crippen molar-refractivity contribution in [1.29, 1.82) is 0 Å². The van der Waals surface area contributed by atoms with Gasteiger partial charge in [0.25, 0.3) is 0 Å². The summed E-state index contributed by atoms with van der Waals surface area (Å²) in [6.07, 6.45) is -8.31. The standard InChI is InChI=1S/C31H32F6N4O6/c1-3-22-14-26(24-10-18(2)4-5-25(24)41(22)29(45)47-8-6-27(43)44)40(28-38-15-23(16-39-28)46-9-7-42)17-19-11-20(30(32,33)34)13-21(12-19)31(35,36)37/h4-5,10-13,15-16,22,26,42H,3,6-9,14,17H2,1-2H3,(H,43,44)/t22-,26+/m1/s1. The lowest BCUT2D eigenvalue weighted by molar-refractivity contribution is -0.143. The average molecular weight is 671 g/mol. The number of aliphatic hydroxyl groups excluding tert-OH is 1. The number of aliphatic hydroxyl groups is 1. The lowest BCUT2D eigenvalue weighted by Crippen LogP contribution is -2.48. The second kappa shape index (κ2) is 14.4. The minimum atomic E-state index is -5.06. The van der Waals surface area contributed by atoms with Crippen LogP contribution in [0.25, 0.3) is 0 Å². The Hall–Kier alpha value is -4.60. The predicted molar refractivity (Wildman–Crippen MR) is 156 cm³/mol. The number of aryl methyl sites for hydroxylation is 1. The van der Waals surface area contributed by atoms with E-state index >= 15 is 0 Å². The van der Waals surface area contributed by atoms with Gasteiger partial charge in [0.15, 0.2) is 5.75 Å². The van der Waals surface area contributed by atoms with Crippen LogP contribution in [0.3, 0.4) is 0 Å². The van der Waals surface area contributed by atoms with Crippen LogP contribution in [0.2, 0.25) is 0 Å². The number of aromatic nitrogens is 2. The summed E-state index contributed by atoms with van der Waals surface area (Å²) in [5, 5.41) is 18.0. The Bertz CT molecular complexity index is 1540. The van der Waals surface area contributed by atoms with Crippen LogP contribution in [-0.4, -0.2) is 58.1 Å². The van der Waals surface area contributed by atoms with E-state index in [1.54, 1.807) is 32.0 Å². The van der Waals surface area contributed by atoms with Gasteiger partial charge in [-0.1, -0.05) is 24.6 Å². The molecule has 10 nitrogen and oxygen atoms in total. The van der Waals surface area contributed by atoms with E-state index < -0.39 is 60.6 Å². The van der Waals surface area contributed by atoms with E-state index in [2.05, 4.69) is 9.97 Å². The first kappa shape index (κ1) is 35.3. The summed E-state index contributed by atoms with van der Waals surface area (Å²) in [6.45, 7) is 2.33. The first-order chi connectivity index (χ1) is 22.1. The Morgan fingerprint density at radius 1 is 1.00 bits per heavy atom. The molecule has 2 N–H and O–H groups in total. The van der Waals surface area contributed by atoms with Crippen molar-refractivity contribution in [2.24, 2.45) is 0 Å². The Morgan fingerprint density at radius 3 is 2.19 bits per heavy atom. The van der Waals surface area contributed by atoms with Crippen molar-refractivity contribution in [3.05, 3.63) is 76.6 Å². The fraction of sp³-hybridized carbons (Fsp3) is 0.419. The summed E-state index contributed by atoms with van der Waals surface area (Å²) in [4.78, 5) is 35.7. The van der Waals surface area contributed by atoms with Gasteiger partial charge in [-0.15, -0.1) is 0 Å². The number of alkyl halides is 6. The van der Waals surface area contributed by atoms with Gasteiger partial charge in [0.05, 0.1) is 48.3 Å². The minimum absolute atomic E-state index is 0.0443. The van der Waals surface area contributed by atoms with Crippen LogP contribution in [0.1, 0.15) is 60.0 Å². The lowest BCUT2D eigenvalue weighted by atomic mass is 9.87. The normalized spacial score (nSPS) is 16.4. The molecule has 2 atom stereocenters. The minimum Gasteiger partial charge on any atom is -0.488 e. The predicted octanol–water partition coefficient (Wildman–Crippen LogP) is 6.54. The smallest absolute Gasteiger partial charge is 0.416 e. The van der Waals surface area contributed by atoms with E-state index in [1.807, 2.05) is 0 Å². The second-order valence-electron chi connectivity index (χ2n) is 10.8. The van der Waals surface area contributed by atoms with Gasteiger partial charge in [0, 0.05) is 12.6 Å². The van der Waals surface area contributed by atoms with E-state index in [-0.39, 0.29) is 49.6 Å². The number of nitrogens with zero attached hydrogens (tertiary/aromatic N) is 4. The average Bonchev–Trinajstić information content (AvgIpc) is 3.01. The highest BCUT2D eigenvalue weighted by molar-refractivity contribution is 5.90. The Labute approximate surface area is 265 Å². The number of rotatable bonds is 11. The van der Waals surface area contributed by atoms with Crippen LogP contribution in [0.5, 0.6) is 5.75 Å². The van der Waals surface area contributed by atoms with Gasteiger partial charge in [0.1, 0.15) is 13.2 Å². The number of carbonyl (C=O) groups excluding carboxylic acids is 1. The van der Waals surface area contributed by atoms with Crippen molar-refractivity contribution in [2.75, 3.05) is 29.6 Å². The van der Waals surface area contributed by atoms with E-state index in [4.69, 9.17) is 19.7 Å². The van der Waals surface area contributed by atoms with E-state index in [9.17, 15) is 35.9 Å². The molecule has 3 aromatic rings. The number of carboxylic acids is 1. The summed E-state index contributed by atoms with van der Waals surface area (Å²) in [5.41, 5.74) is -1.65. The van der Waals surface area contributed by atoms with Gasteiger partial charge in [-0.3, -0.25) is 9.69 Å². The molecular weight excluding hydrogens is 638 g/mol. The third kappa shape index (κ3) is 8.61. The number of anilines is 2. The maximum Gasteiger partial charge on any atom is 0.416 e. The fourth-order valence-electron chi connectivity index (χ4n) is 5.36. The second-order valence-corrected chi connectivity index (χ2v) is 10.8. The SMILES string of the molecule is CC[C@@H]1C[C@H](N(Cc2cc(C(F)(F)F)cc(C(F)(F)F)c2)c2ncc(OCCO)cn2)c2cc(C)ccc2N1C(=O)OCCC(=O)O. The third-order valence-corrected chi connectivity index (χ3v) is 7.48. The number of hydrogen-bond acceptors (Lipinski definition) is 8. The van der Waals surface area contributed by atoms with Crippen LogP contribution in [-0.2, 0) is 28.4 Å². The molecule has 4 rings (SSSR count). The zero-order valence-electron chi connectivity index (χ0n) is 25.3. The molecule has 0 spiro atoms. The summed E-state index contributed by atoms with van der Waals surface area (Å²) in [7, 11) is 0. The van der Waals surface area contributed by atoms with Crippen molar-refractivity contribution in [2.45, 2.75) is 64.1 Å². The molecule has 0 aliphatic carbocycles. The molecule has 0 unspecified atom stereocenters. The third-order valence-electron chi connectivity index (χ3n) is 7.48. The quantitative estimate of drug-likeness (QED) is 0.219. The first-order valence-electron chi connectivity index (χ1n) is 14.5. The molecule has 1 aliphatic heterocycles. The molecule has 2 aromatic carbocycles. The highest BCUT2D eigenvalue weighted by Crippen LogP contribution is 2.44. The molecule has 1 aromatic heterocycles. The molecule has 0 bridgehead atoms.